The maximum Gasteiger partial charge on any atom is 0.315 e. The number of hydrogen-bond acceptors (Lipinski definition) is 4. The molecule has 0 saturated carbocycles. The van der Waals surface area contributed by atoms with Gasteiger partial charge in [0.1, 0.15) is 11.9 Å². The van der Waals surface area contributed by atoms with Crippen molar-refractivity contribution in [1.82, 2.24) is 10.6 Å². The number of methoxy groups -OCH3 is 1. The zero-order valence-electron chi connectivity index (χ0n) is 11.1. The summed E-state index contributed by atoms with van der Waals surface area (Å²) in [7, 11) is 1.58. The average molecular weight is 301 g/mol. The van der Waals surface area contributed by atoms with E-state index in [4.69, 9.17) is 21.1 Å². The zero-order chi connectivity index (χ0) is 14.5. The van der Waals surface area contributed by atoms with E-state index in [1.165, 1.54) is 0 Å². The van der Waals surface area contributed by atoms with E-state index in [9.17, 15) is 9.90 Å². The van der Waals surface area contributed by atoms with E-state index < -0.39 is 0 Å². The largest absolute Gasteiger partial charge is 0.506 e. The average Bonchev–Trinajstić information content (AvgIpc) is 2.87. The van der Waals surface area contributed by atoms with Crippen molar-refractivity contribution < 1.29 is 19.4 Å². The predicted molar refractivity (Wildman–Crippen MR) is 73.9 cm³/mol. The molecule has 0 aliphatic carbocycles. The van der Waals surface area contributed by atoms with Crippen molar-refractivity contribution in [2.45, 2.75) is 18.7 Å². The first-order valence-corrected chi connectivity index (χ1v) is 6.61. The Balaban J connectivity index is 1.85. The van der Waals surface area contributed by atoms with E-state index in [1.54, 1.807) is 25.3 Å². The maximum atomic E-state index is 11.8. The quantitative estimate of drug-likeness (QED) is 0.782. The maximum absolute atomic E-state index is 11.8. The monoisotopic (exact) mass is 300 g/mol. The molecule has 2 amide bonds. The summed E-state index contributed by atoms with van der Waals surface area (Å²) in [4.78, 5) is 11.8. The molecule has 1 fully saturated rings. The molecule has 6 nitrogen and oxygen atoms in total. The molecule has 1 aliphatic rings. The summed E-state index contributed by atoms with van der Waals surface area (Å²) < 4.78 is 10.4. The summed E-state index contributed by atoms with van der Waals surface area (Å²) in [6.07, 6.45) is -0.139. The molecule has 0 unspecified atom stereocenters. The van der Waals surface area contributed by atoms with Crippen LogP contribution in [-0.2, 0) is 16.0 Å². The lowest BCUT2D eigenvalue weighted by atomic mass is 10.2. The lowest BCUT2D eigenvalue weighted by Gasteiger charge is -2.18. The zero-order valence-corrected chi connectivity index (χ0v) is 11.8. The fourth-order valence-electron chi connectivity index (χ4n) is 2.00. The molecule has 1 aromatic carbocycles. The van der Waals surface area contributed by atoms with E-state index in [0.29, 0.717) is 18.8 Å². The van der Waals surface area contributed by atoms with Gasteiger partial charge in [0, 0.05) is 19.2 Å². The minimum Gasteiger partial charge on any atom is -0.506 e. The van der Waals surface area contributed by atoms with Crippen LogP contribution in [0, 0.1) is 0 Å². The molecular formula is C13H17ClN2O4. The number of phenolic OH excluding ortho intramolecular Hbond substituents is 1. The van der Waals surface area contributed by atoms with Gasteiger partial charge in [-0.2, -0.15) is 0 Å². The van der Waals surface area contributed by atoms with E-state index >= 15 is 0 Å². The van der Waals surface area contributed by atoms with Gasteiger partial charge in [-0.25, -0.2) is 4.79 Å². The first-order valence-electron chi connectivity index (χ1n) is 6.23. The van der Waals surface area contributed by atoms with Crippen molar-refractivity contribution in [3.63, 3.8) is 0 Å². The Morgan fingerprint density at radius 1 is 1.55 bits per heavy atom. The summed E-state index contributed by atoms with van der Waals surface area (Å²) in [5.41, 5.74) is 0.554. The number of benzene rings is 1. The van der Waals surface area contributed by atoms with Gasteiger partial charge in [0.15, 0.2) is 0 Å². The first-order chi connectivity index (χ1) is 9.61. The summed E-state index contributed by atoms with van der Waals surface area (Å²) >= 11 is 5.79. The lowest BCUT2D eigenvalue weighted by molar-refractivity contribution is 0.0745. The second kappa shape index (κ2) is 6.78. The molecule has 1 heterocycles. The Morgan fingerprint density at radius 2 is 2.35 bits per heavy atom. The van der Waals surface area contributed by atoms with Crippen LogP contribution >= 0.6 is 11.6 Å². The Labute approximate surface area is 122 Å². The summed E-state index contributed by atoms with van der Waals surface area (Å²) in [6, 6.07) is 4.47. The van der Waals surface area contributed by atoms with Crippen LogP contribution in [-0.4, -0.2) is 43.6 Å². The van der Waals surface area contributed by atoms with Gasteiger partial charge in [0.05, 0.1) is 24.3 Å². The summed E-state index contributed by atoms with van der Waals surface area (Å²) in [5, 5.41) is 15.4. The number of carbonyl (C=O) groups is 1. The highest BCUT2D eigenvalue weighted by atomic mass is 35.5. The number of amides is 2. The van der Waals surface area contributed by atoms with Crippen LogP contribution in [0.15, 0.2) is 18.2 Å². The molecule has 2 atom stereocenters. The lowest BCUT2D eigenvalue weighted by Crippen LogP contribution is -2.47. The Hall–Kier alpha value is -1.50. The Bertz CT molecular complexity index is 483. The van der Waals surface area contributed by atoms with Crippen molar-refractivity contribution in [3.8, 4) is 5.75 Å². The molecule has 1 saturated heterocycles. The molecule has 20 heavy (non-hydrogen) atoms. The SMILES string of the molecule is CO[C@@H]1COC[C@@H]1NC(=O)NCc1cccc(Cl)c1O. The molecule has 2 rings (SSSR count). The second-order valence-electron chi connectivity index (χ2n) is 4.49. The van der Waals surface area contributed by atoms with Crippen molar-refractivity contribution in [1.29, 1.82) is 0 Å². The molecule has 0 bridgehead atoms. The van der Waals surface area contributed by atoms with Crippen LogP contribution in [0.1, 0.15) is 5.56 Å². The number of aromatic hydroxyl groups is 1. The topological polar surface area (TPSA) is 79.8 Å². The molecule has 1 aliphatic heterocycles. The third kappa shape index (κ3) is 3.53. The molecule has 7 heteroatoms. The number of para-hydroxylation sites is 1. The van der Waals surface area contributed by atoms with Crippen molar-refractivity contribution in [2.75, 3.05) is 20.3 Å². The normalized spacial score (nSPS) is 21.7. The predicted octanol–water partition coefficient (Wildman–Crippen LogP) is 1.26. The van der Waals surface area contributed by atoms with Gasteiger partial charge in [0.25, 0.3) is 0 Å². The number of nitrogens with one attached hydrogen (secondary N) is 2. The second-order valence-corrected chi connectivity index (χ2v) is 4.90. The third-order valence-corrected chi connectivity index (χ3v) is 3.46. The molecule has 0 radical (unpaired) electrons. The summed E-state index contributed by atoms with van der Waals surface area (Å²) in [6.45, 7) is 1.08. The van der Waals surface area contributed by atoms with Crippen LogP contribution in [0.2, 0.25) is 5.02 Å². The number of hydrogen-bond donors (Lipinski definition) is 3. The number of phenols is 1. The smallest absolute Gasteiger partial charge is 0.315 e. The van der Waals surface area contributed by atoms with Crippen LogP contribution in [0.4, 0.5) is 4.79 Å². The van der Waals surface area contributed by atoms with E-state index in [1.807, 2.05) is 0 Å². The minimum atomic E-state index is -0.345. The van der Waals surface area contributed by atoms with Gasteiger partial charge in [-0.05, 0) is 6.07 Å². The highest BCUT2D eigenvalue weighted by Gasteiger charge is 2.29. The molecule has 1 aromatic rings. The van der Waals surface area contributed by atoms with E-state index in [2.05, 4.69) is 10.6 Å². The van der Waals surface area contributed by atoms with Gasteiger partial charge < -0.3 is 25.2 Å². The fourth-order valence-corrected chi connectivity index (χ4v) is 2.19. The molecule has 0 spiro atoms. The van der Waals surface area contributed by atoms with Crippen LogP contribution < -0.4 is 10.6 Å². The number of halogens is 1. The van der Waals surface area contributed by atoms with E-state index in [-0.39, 0.29) is 35.5 Å². The standard InChI is InChI=1S/C13H17ClN2O4/c1-19-11-7-20-6-10(11)16-13(18)15-5-8-3-2-4-9(14)12(8)17/h2-4,10-11,17H,5-7H2,1H3,(H2,15,16,18)/t10-,11+/m0/s1. The van der Waals surface area contributed by atoms with Gasteiger partial charge in [-0.15, -0.1) is 0 Å². The van der Waals surface area contributed by atoms with Crippen LogP contribution in [0.25, 0.3) is 0 Å². The minimum absolute atomic E-state index is 0.0200. The Kier molecular flexibility index (Phi) is 5.05. The Morgan fingerprint density at radius 3 is 3.10 bits per heavy atom. The van der Waals surface area contributed by atoms with Gasteiger partial charge >= 0.3 is 6.03 Å². The highest BCUT2D eigenvalue weighted by molar-refractivity contribution is 6.32. The molecule has 3 N–H and O–H groups in total. The molecule has 110 valence electrons. The number of carbonyl (C=O) groups excluding carboxylic acids is 1. The van der Waals surface area contributed by atoms with Crippen molar-refractivity contribution >= 4 is 17.6 Å². The van der Waals surface area contributed by atoms with Gasteiger partial charge in [-0.3, -0.25) is 0 Å². The summed E-state index contributed by atoms with van der Waals surface area (Å²) in [5.74, 6) is -0.0200. The number of rotatable bonds is 4. The highest BCUT2D eigenvalue weighted by Crippen LogP contribution is 2.26. The van der Waals surface area contributed by atoms with Crippen LogP contribution in [0.5, 0.6) is 5.75 Å². The van der Waals surface area contributed by atoms with E-state index in [0.717, 1.165) is 0 Å². The molecule has 0 aromatic heterocycles. The van der Waals surface area contributed by atoms with Crippen LogP contribution in [0.3, 0.4) is 0 Å². The van der Waals surface area contributed by atoms with Gasteiger partial charge in [0.2, 0.25) is 0 Å². The number of urea groups is 1. The fraction of sp³-hybridized carbons (Fsp3) is 0.462. The molecular weight excluding hydrogens is 284 g/mol. The van der Waals surface area contributed by atoms with Gasteiger partial charge in [-0.1, -0.05) is 23.7 Å². The number of ether oxygens (including phenoxy) is 2. The first kappa shape index (κ1) is 14.9. The third-order valence-electron chi connectivity index (χ3n) is 3.16. The van der Waals surface area contributed by atoms with Crippen molar-refractivity contribution in [2.24, 2.45) is 0 Å². The van der Waals surface area contributed by atoms with Crippen molar-refractivity contribution in [3.05, 3.63) is 28.8 Å².